The van der Waals surface area contributed by atoms with Crippen LogP contribution in [0.15, 0.2) is 0 Å². The van der Waals surface area contributed by atoms with Gasteiger partial charge in [-0.1, -0.05) is 6.92 Å². The summed E-state index contributed by atoms with van der Waals surface area (Å²) in [7, 11) is 0. The average Bonchev–Trinajstić information content (AvgIpc) is 2.37. The van der Waals surface area contributed by atoms with Gasteiger partial charge in [0.1, 0.15) is 0 Å². The van der Waals surface area contributed by atoms with Gasteiger partial charge in [-0.3, -0.25) is 19.7 Å². The Hall–Kier alpha value is -2.12. The van der Waals surface area contributed by atoms with Crippen molar-refractivity contribution in [2.45, 2.75) is 32.6 Å². The van der Waals surface area contributed by atoms with E-state index < -0.39 is 23.8 Å². The van der Waals surface area contributed by atoms with Gasteiger partial charge < -0.3 is 15.7 Å². The maximum Gasteiger partial charge on any atom is 0.324 e. The molecule has 0 bridgehead atoms. The monoisotopic (exact) mass is 299 g/mol. The van der Waals surface area contributed by atoms with E-state index in [0.29, 0.717) is 19.4 Å². The largest absolute Gasteiger partial charge is 0.481 e. The zero-order chi connectivity index (χ0) is 16.0. The number of urea groups is 1. The van der Waals surface area contributed by atoms with Crippen molar-refractivity contribution in [3.8, 4) is 0 Å². The fourth-order valence-electron chi connectivity index (χ4n) is 2.33. The molecular weight excluding hydrogens is 278 g/mol. The number of nitrogens with zero attached hydrogens (tertiary/aromatic N) is 1. The highest BCUT2D eigenvalue weighted by atomic mass is 16.4. The highest BCUT2D eigenvalue weighted by molar-refractivity contribution is 5.94. The van der Waals surface area contributed by atoms with Gasteiger partial charge in [0.05, 0.1) is 5.92 Å². The van der Waals surface area contributed by atoms with Crippen LogP contribution in [0.3, 0.4) is 0 Å². The van der Waals surface area contributed by atoms with Crippen molar-refractivity contribution >= 4 is 23.8 Å². The molecule has 8 heteroatoms. The summed E-state index contributed by atoms with van der Waals surface area (Å²) in [6, 6.07) is -0.562. The zero-order valence-corrected chi connectivity index (χ0v) is 12.0. The molecule has 1 fully saturated rings. The molecule has 0 spiro atoms. The molecule has 1 rings (SSSR count). The lowest BCUT2D eigenvalue weighted by Crippen LogP contribution is -2.49. The summed E-state index contributed by atoms with van der Waals surface area (Å²) in [5, 5.41) is 10.8. The molecule has 0 aromatic heterocycles. The van der Waals surface area contributed by atoms with Crippen LogP contribution in [-0.4, -0.2) is 46.9 Å². The number of carboxylic acid groups (broad SMARTS) is 1. The summed E-state index contributed by atoms with van der Waals surface area (Å²) in [6.45, 7) is 2.30. The zero-order valence-electron chi connectivity index (χ0n) is 12.0. The first-order chi connectivity index (χ1) is 9.79. The van der Waals surface area contributed by atoms with Crippen molar-refractivity contribution in [1.29, 1.82) is 0 Å². The van der Waals surface area contributed by atoms with Crippen LogP contribution < -0.4 is 11.1 Å². The van der Waals surface area contributed by atoms with Gasteiger partial charge in [-0.2, -0.15) is 0 Å². The number of hydrogen-bond donors (Lipinski definition) is 3. The predicted octanol–water partition coefficient (Wildman–Crippen LogP) is -0.0792. The van der Waals surface area contributed by atoms with Gasteiger partial charge in [0.25, 0.3) is 0 Å². The SMILES string of the molecule is CC(CC(=O)O)CC(=O)NC(=O)N1CCCC(C(N)=O)C1. The molecule has 8 nitrogen and oxygen atoms in total. The Labute approximate surface area is 122 Å². The minimum Gasteiger partial charge on any atom is -0.481 e. The van der Waals surface area contributed by atoms with E-state index in [9.17, 15) is 19.2 Å². The average molecular weight is 299 g/mol. The van der Waals surface area contributed by atoms with Gasteiger partial charge in [0, 0.05) is 25.9 Å². The lowest BCUT2D eigenvalue weighted by molar-refractivity contribution is -0.138. The van der Waals surface area contributed by atoms with Crippen LogP contribution in [0.4, 0.5) is 4.79 Å². The second-order valence-corrected chi connectivity index (χ2v) is 5.45. The van der Waals surface area contributed by atoms with Crippen LogP contribution in [0.5, 0.6) is 0 Å². The van der Waals surface area contributed by atoms with Gasteiger partial charge in [0.15, 0.2) is 0 Å². The third-order valence-corrected chi connectivity index (χ3v) is 3.41. The van der Waals surface area contributed by atoms with Crippen molar-refractivity contribution in [2.75, 3.05) is 13.1 Å². The third kappa shape index (κ3) is 5.80. The van der Waals surface area contributed by atoms with E-state index in [0.717, 1.165) is 0 Å². The first-order valence-electron chi connectivity index (χ1n) is 6.89. The second-order valence-electron chi connectivity index (χ2n) is 5.45. The number of likely N-dealkylation sites (tertiary alicyclic amines) is 1. The summed E-state index contributed by atoms with van der Waals surface area (Å²) in [5.74, 6) is -2.69. The Morgan fingerprint density at radius 3 is 2.57 bits per heavy atom. The fraction of sp³-hybridized carbons (Fsp3) is 0.692. The summed E-state index contributed by atoms with van der Waals surface area (Å²) < 4.78 is 0. The van der Waals surface area contributed by atoms with Gasteiger partial charge >= 0.3 is 12.0 Å². The third-order valence-electron chi connectivity index (χ3n) is 3.41. The minimum absolute atomic E-state index is 0.0366. The number of amides is 4. The standard InChI is InChI=1S/C13H21N3O5/c1-8(6-11(18)19)5-10(17)15-13(21)16-4-2-3-9(7-16)12(14)20/h8-9H,2-7H2,1H3,(H2,14,20)(H,18,19)(H,15,17,21). The highest BCUT2D eigenvalue weighted by Crippen LogP contribution is 2.16. The maximum atomic E-state index is 11.9. The smallest absolute Gasteiger partial charge is 0.324 e. The summed E-state index contributed by atoms with van der Waals surface area (Å²) in [5.41, 5.74) is 5.22. The van der Waals surface area contributed by atoms with E-state index in [1.54, 1.807) is 6.92 Å². The molecule has 2 atom stereocenters. The molecule has 0 radical (unpaired) electrons. The van der Waals surface area contributed by atoms with Crippen molar-refractivity contribution in [1.82, 2.24) is 10.2 Å². The molecular formula is C13H21N3O5. The molecule has 4 amide bonds. The number of nitrogens with two attached hydrogens (primary N) is 1. The molecule has 1 saturated heterocycles. The number of carbonyl (C=O) groups is 4. The van der Waals surface area contributed by atoms with Crippen LogP contribution in [0.25, 0.3) is 0 Å². The van der Waals surface area contributed by atoms with Crippen LogP contribution in [0.2, 0.25) is 0 Å². The highest BCUT2D eigenvalue weighted by Gasteiger charge is 2.27. The number of primary amides is 1. The number of carboxylic acids is 1. The van der Waals surface area contributed by atoms with Crippen LogP contribution in [0, 0.1) is 11.8 Å². The topological polar surface area (TPSA) is 130 Å². The molecule has 0 aromatic rings. The van der Waals surface area contributed by atoms with Crippen molar-refractivity contribution in [3.05, 3.63) is 0 Å². The maximum absolute atomic E-state index is 11.9. The first kappa shape index (κ1) is 16.9. The lowest BCUT2D eigenvalue weighted by Gasteiger charge is -2.31. The van der Waals surface area contributed by atoms with Gasteiger partial charge in [-0.25, -0.2) is 4.79 Å². The summed E-state index contributed by atoms with van der Waals surface area (Å²) in [4.78, 5) is 46.6. The van der Waals surface area contributed by atoms with E-state index in [4.69, 9.17) is 10.8 Å². The molecule has 1 heterocycles. The number of hydrogen-bond acceptors (Lipinski definition) is 4. The number of carbonyl (C=O) groups excluding carboxylic acids is 3. The molecule has 2 unspecified atom stereocenters. The minimum atomic E-state index is -0.984. The molecule has 4 N–H and O–H groups in total. The van der Waals surface area contributed by atoms with E-state index in [1.165, 1.54) is 4.90 Å². The first-order valence-corrected chi connectivity index (χ1v) is 6.89. The van der Waals surface area contributed by atoms with Crippen LogP contribution >= 0.6 is 0 Å². The number of nitrogens with one attached hydrogen (secondary N) is 1. The second kappa shape index (κ2) is 7.61. The van der Waals surface area contributed by atoms with E-state index in [-0.39, 0.29) is 31.2 Å². The predicted molar refractivity (Wildman–Crippen MR) is 73.1 cm³/mol. The lowest BCUT2D eigenvalue weighted by atomic mass is 9.98. The van der Waals surface area contributed by atoms with Gasteiger partial charge in [-0.05, 0) is 18.8 Å². The van der Waals surface area contributed by atoms with E-state index >= 15 is 0 Å². The number of imide groups is 1. The molecule has 118 valence electrons. The summed E-state index contributed by atoms with van der Waals surface area (Å²) >= 11 is 0. The Bertz CT molecular complexity index is 438. The van der Waals surface area contributed by atoms with E-state index in [1.807, 2.05) is 0 Å². The van der Waals surface area contributed by atoms with E-state index in [2.05, 4.69) is 5.32 Å². The Morgan fingerprint density at radius 2 is 2.00 bits per heavy atom. The normalized spacial score (nSPS) is 19.7. The molecule has 1 aliphatic heterocycles. The van der Waals surface area contributed by atoms with Crippen LogP contribution in [-0.2, 0) is 14.4 Å². The Kier molecular flexibility index (Phi) is 6.13. The Morgan fingerprint density at radius 1 is 1.33 bits per heavy atom. The molecule has 0 aliphatic carbocycles. The Balaban J connectivity index is 2.43. The van der Waals surface area contributed by atoms with Crippen molar-refractivity contribution in [2.24, 2.45) is 17.6 Å². The number of rotatable bonds is 5. The quantitative estimate of drug-likeness (QED) is 0.653. The molecule has 1 aliphatic rings. The molecule has 21 heavy (non-hydrogen) atoms. The molecule has 0 saturated carbocycles. The number of piperidine rings is 1. The van der Waals surface area contributed by atoms with Crippen LogP contribution in [0.1, 0.15) is 32.6 Å². The van der Waals surface area contributed by atoms with Gasteiger partial charge in [-0.15, -0.1) is 0 Å². The summed E-state index contributed by atoms with van der Waals surface area (Å²) in [6.07, 6.45) is 1.13. The van der Waals surface area contributed by atoms with Gasteiger partial charge in [0.2, 0.25) is 11.8 Å². The van der Waals surface area contributed by atoms with Crippen molar-refractivity contribution in [3.63, 3.8) is 0 Å². The molecule has 0 aromatic carbocycles. The van der Waals surface area contributed by atoms with Crippen molar-refractivity contribution < 1.29 is 24.3 Å². The number of aliphatic carboxylic acids is 1. The fourth-order valence-corrected chi connectivity index (χ4v) is 2.33.